The van der Waals surface area contributed by atoms with Crippen molar-refractivity contribution >= 4 is 28.3 Å². The zero-order valence-corrected chi connectivity index (χ0v) is 18.2. The first-order chi connectivity index (χ1) is 14.6. The number of nitrogens with one attached hydrogen (secondary N) is 1. The lowest BCUT2D eigenvalue weighted by atomic mass is 10.3. The Morgan fingerprint density at radius 2 is 2.10 bits per heavy atom. The molecule has 9 nitrogen and oxygen atoms in total. The molecule has 1 aliphatic heterocycles. The van der Waals surface area contributed by atoms with Crippen LogP contribution in [0.5, 0.6) is 6.01 Å². The van der Waals surface area contributed by atoms with E-state index in [2.05, 4.69) is 38.9 Å². The number of imidazole rings is 1. The summed E-state index contributed by atoms with van der Waals surface area (Å²) in [6, 6.07) is 4.40. The van der Waals surface area contributed by atoms with Crippen LogP contribution in [0, 0.1) is 0 Å². The predicted octanol–water partition coefficient (Wildman–Crippen LogP) is 2.21. The highest BCUT2D eigenvalue weighted by molar-refractivity contribution is 7.11. The van der Waals surface area contributed by atoms with Crippen LogP contribution in [0.15, 0.2) is 16.9 Å². The molecule has 1 aliphatic rings. The summed E-state index contributed by atoms with van der Waals surface area (Å²) in [5, 5.41) is 0. The zero-order valence-electron chi connectivity index (χ0n) is 17.4. The van der Waals surface area contributed by atoms with Crippen LogP contribution in [0.4, 0.5) is 5.82 Å². The number of unbranched alkanes of at least 4 members (excludes halogenated alkanes) is 1. The van der Waals surface area contributed by atoms with E-state index in [-0.39, 0.29) is 17.5 Å². The molecule has 1 fully saturated rings. The summed E-state index contributed by atoms with van der Waals surface area (Å²) in [7, 11) is 1.77. The largest absolute Gasteiger partial charge is 0.463 e. The molecule has 3 aromatic rings. The quantitative estimate of drug-likeness (QED) is 0.499. The lowest BCUT2D eigenvalue weighted by Gasteiger charge is -2.14. The third-order valence-corrected chi connectivity index (χ3v) is 6.39. The van der Waals surface area contributed by atoms with Gasteiger partial charge >= 0.3 is 11.7 Å². The van der Waals surface area contributed by atoms with Crippen LogP contribution in [0.1, 0.15) is 35.9 Å². The molecular weight excluding hydrogens is 404 g/mol. The Balaban J connectivity index is 1.51. The van der Waals surface area contributed by atoms with Crippen molar-refractivity contribution in [2.24, 2.45) is 0 Å². The number of rotatable bonds is 9. The number of thiophene rings is 1. The van der Waals surface area contributed by atoms with Gasteiger partial charge in [-0.1, -0.05) is 13.3 Å². The highest BCUT2D eigenvalue weighted by Crippen LogP contribution is 2.24. The molecule has 4 rings (SSSR count). The third kappa shape index (κ3) is 4.50. The fourth-order valence-corrected chi connectivity index (χ4v) is 4.70. The Hall–Kier alpha value is -2.43. The molecule has 0 saturated carbocycles. The van der Waals surface area contributed by atoms with Gasteiger partial charge in [0, 0.05) is 36.5 Å². The number of hydrogen-bond acceptors (Lipinski definition) is 8. The van der Waals surface area contributed by atoms with E-state index in [9.17, 15) is 4.79 Å². The van der Waals surface area contributed by atoms with Crippen LogP contribution in [0.3, 0.4) is 0 Å². The van der Waals surface area contributed by atoms with Gasteiger partial charge in [-0.3, -0.25) is 9.47 Å². The fourth-order valence-electron chi connectivity index (χ4n) is 3.65. The highest BCUT2D eigenvalue weighted by atomic mass is 32.1. The van der Waals surface area contributed by atoms with Crippen LogP contribution in [0.25, 0.3) is 11.2 Å². The molecule has 0 spiro atoms. The molecule has 4 heterocycles. The Bertz CT molecular complexity index is 1060. The maximum atomic E-state index is 12.5. The average molecular weight is 433 g/mol. The summed E-state index contributed by atoms with van der Waals surface area (Å²) < 4.78 is 12.6. The SMILES string of the molecule is CCCCOc1nc(N)c2[nH]c(=O)n(Cc3ccc(CN4CCC(OC)C4)s3)c2n1. The molecule has 0 bridgehead atoms. The summed E-state index contributed by atoms with van der Waals surface area (Å²) >= 11 is 1.71. The molecule has 30 heavy (non-hydrogen) atoms. The van der Waals surface area contributed by atoms with Gasteiger partial charge < -0.3 is 20.2 Å². The maximum Gasteiger partial charge on any atom is 0.328 e. The van der Waals surface area contributed by atoms with E-state index in [1.54, 1.807) is 23.0 Å². The minimum absolute atomic E-state index is 0.204. The molecule has 3 N–H and O–H groups in total. The van der Waals surface area contributed by atoms with Crippen LogP contribution in [0.2, 0.25) is 0 Å². The summed E-state index contributed by atoms with van der Waals surface area (Å²) in [5.74, 6) is 0.218. The van der Waals surface area contributed by atoms with Gasteiger partial charge in [0.05, 0.1) is 19.3 Å². The summed E-state index contributed by atoms with van der Waals surface area (Å²) in [6.07, 6.45) is 3.31. The van der Waals surface area contributed by atoms with E-state index >= 15 is 0 Å². The second-order valence-corrected chi connectivity index (χ2v) is 8.81. The Morgan fingerprint density at radius 1 is 1.30 bits per heavy atom. The minimum atomic E-state index is -0.255. The molecule has 0 aromatic carbocycles. The summed E-state index contributed by atoms with van der Waals surface area (Å²) in [4.78, 5) is 28.7. The average Bonchev–Trinajstić information content (AvgIpc) is 3.44. The van der Waals surface area contributed by atoms with Gasteiger partial charge in [-0.15, -0.1) is 11.3 Å². The van der Waals surface area contributed by atoms with E-state index in [0.29, 0.717) is 30.4 Å². The van der Waals surface area contributed by atoms with E-state index in [1.165, 1.54) is 4.88 Å². The zero-order chi connectivity index (χ0) is 21.1. The second kappa shape index (κ2) is 9.15. The second-order valence-electron chi connectivity index (χ2n) is 7.56. The Labute approximate surface area is 178 Å². The van der Waals surface area contributed by atoms with Gasteiger partial charge in [0.1, 0.15) is 5.52 Å². The van der Waals surface area contributed by atoms with Gasteiger partial charge in [-0.2, -0.15) is 9.97 Å². The number of methoxy groups -OCH3 is 1. The van der Waals surface area contributed by atoms with Crippen molar-refractivity contribution in [1.82, 2.24) is 24.4 Å². The molecule has 3 aromatic heterocycles. The molecule has 162 valence electrons. The van der Waals surface area contributed by atoms with Gasteiger partial charge in [-0.05, 0) is 25.0 Å². The predicted molar refractivity (Wildman–Crippen MR) is 117 cm³/mol. The molecule has 0 amide bonds. The summed E-state index contributed by atoms with van der Waals surface area (Å²) in [6.45, 7) is 5.94. The number of H-pyrrole nitrogens is 1. The number of nitrogens with two attached hydrogens (primary N) is 1. The van der Waals surface area contributed by atoms with Gasteiger partial charge in [0.15, 0.2) is 11.5 Å². The number of fused-ring (bicyclic) bond motifs is 1. The molecular formula is C20H28N6O3S. The van der Waals surface area contributed by atoms with Gasteiger partial charge in [0.2, 0.25) is 0 Å². The number of ether oxygens (including phenoxy) is 2. The van der Waals surface area contributed by atoms with Crippen molar-refractivity contribution in [2.75, 3.05) is 32.5 Å². The van der Waals surface area contributed by atoms with E-state index < -0.39 is 0 Å². The maximum absolute atomic E-state index is 12.5. The number of nitrogen functional groups attached to an aromatic ring is 1. The molecule has 1 unspecified atom stereocenters. The Morgan fingerprint density at radius 3 is 2.83 bits per heavy atom. The molecule has 1 atom stereocenters. The van der Waals surface area contributed by atoms with Crippen molar-refractivity contribution in [3.8, 4) is 6.01 Å². The van der Waals surface area contributed by atoms with Crippen molar-refractivity contribution in [3.63, 3.8) is 0 Å². The Kier molecular flexibility index (Phi) is 6.35. The van der Waals surface area contributed by atoms with Crippen LogP contribution in [-0.2, 0) is 17.8 Å². The first-order valence-electron chi connectivity index (χ1n) is 10.3. The standard InChI is InChI=1S/C20H28N6O3S/c1-3-4-9-29-19-23-17(21)16-18(24-19)26(20(27)22-16)12-15-6-5-14(30-15)11-25-8-7-13(10-25)28-2/h5-6,13H,3-4,7-12H2,1-2H3,(H,22,27)(H2,21,23,24). The molecule has 0 aliphatic carbocycles. The van der Waals surface area contributed by atoms with Crippen molar-refractivity contribution < 1.29 is 9.47 Å². The first-order valence-corrected chi connectivity index (χ1v) is 11.1. The molecule has 10 heteroatoms. The number of anilines is 1. The van der Waals surface area contributed by atoms with Crippen LogP contribution in [-0.4, -0.2) is 57.3 Å². The normalized spacial score (nSPS) is 17.2. The van der Waals surface area contributed by atoms with Crippen LogP contribution < -0.4 is 16.2 Å². The van der Waals surface area contributed by atoms with E-state index in [4.69, 9.17) is 15.2 Å². The topological polar surface area (TPSA) is 111 Å². The number of aromatic amines is 1. The fraction of sp³-hybridized carbons (Fsp3) is 0.550. The molecule has 1 saturated heterocycles. The summed E-state index contributed by atoms with van der Waals surface area (Å²) in [5.41, 5.74) is 6.69. The van der Waals surface area contributed by atoms with Crippen molar-refractivity contribution in [2.45, 2.75) is 45.4 Å². The number of nitrogens with zero attached hydrogens (tertiary/aromatic N) is 4. The smallest absolute Gasteiger partial charge is 0.328 e. The monoisotopic (exact) mass is 432 g/mol. The number of hydrogen-bond donors (Lipinski definition) is 2. The van der Waals surface area contributed by atoms with Crippen molar-refractivity contribution in [3.05, 3.63) is 32.4 Å². The third-order valence-electron chi connectivity index (χ3n) is 5.33. The van der Waals surface area contributed by atoms with Crippen molar-refractivity contribution in [1.29, 1.82) is 0 Å². The van der Waals surface area contributed by atoms with E-state index in [0.717, 1.165) is 43.8 Å². The lowest BCUT2D eigenvalue weighted by Crippen LogP contribution is -2.21. The lowest BCUT2D eigenvalue weighted by molar-refractivity contribution is 0.107. The first kappa shape index (κ1) is 20.8. The van der Waals surface area contributed by atoms with Gasteiger partial charge in [-0.25, -0.2) is 4.79 Å². The number of aromatic nitrogens is 4. The highest BCUT2D eigenvalue weighted by Gasteiger charge is 2.22. The van der Waals surface area contributed by atoms with E-state index in [1.807, 2.05) is 0 Å². The van der Waals surface area contributed by atoms with Gasteiger partial charge in [0.25, 0.3) is 0 Å². The molecule has 0 radical (unpaired) electrons. The van der Waals surface area contributed by atoms with Crippen LogP contribution >= 0.6 is 11.3 Å². The minimum Gasteiger partial charge on any atom is -0.463 e. The number of likely N-dealkylation sites (tertiary alicyclic amines) is 1.